The maximum absolute atomic E-state index is 12.5. The molecule has 0 amide bonds. The number of rotatable bonds is 5. The lowest BCUT2D eigenvalue weighted by Crippen LogP contribution is -2.02. The van der Waals surface area contributed by atoms with E-state index in [4.69, 9.17) is 4.42 Å². The van der Waals surface area contributed by atoms with E-state index in [1.165, 1.54) is 12.3 Å². The number of pyridine rings is 2. The van der Waals surface area contributed by atoms with Gasteiger partial charge in [-0.15, -0.1) is 15.3 Å². The third-order valence-electron chi connectivity index (χ3n) is 3.64. The molecule has 4 aromatic rings. The quantitative estimate of drug-likeness (QED) is 0.571. The van der Waals surface area contributed by atoms with Crippen molar-refractivity contribution in [3.05, 3.63) is 64.8 Å². The molecule has 4 rings (SSSR count). The van der Waals surface area contributed by atoms with Crippen molar-refractivity contribution < 1.29 is 13.2 Å². The molecule has 4 aromatic heterocycles. The summed E-state index contributed by atoms with van der Waals surface area (Å²) in [7, 11) is 0. The Morgan fingerprint density at radius 3 is 2.63 bits per heavy atom. The summed E-state index contributed by atoms with van der Waals surface area (Å²) in [4.78, 5) is 17.9. The van der Waals surface area contributed by atoms with Gasteiger partial charge in [0.1, 0.15) is 5.69 Å². The number of alkyl halides is 2. The van der Waals surface area contributed by atoms with Crippen LogP contribution in [0.4, 0.5) is 8.78 Å². The van der Waals surface area contributed by atoms with Crippen LogP contribution < -0.4 is 5.56 Å². The van der Waals surface area contributed by atoms with Gasteiger partial charge in [-0.25, -0.2) is 4.68 Å². The number of H-pyrrole nitrogens is 1. The molecule has 9 nitrogen and oxygen atoms in total. The first-order valence-corrected chi connectivity index (χ1v) is 7.74. The highest BCUT2D eigenvalue weighted by molar-refractivity contribution is 5.55. The van der Waals surface area contributed by atoms with Crippen LogP contribution in [0.25, 0.3) is 22.7 Å². The van der Waals surface area contributed by atoms with Crippen molar-refractivity contribution in [1.29, 1.82) is 0 Å². The molecule has 0 spiro atoms. The molecule has 1 N–H and O–H groups in total. The summed E-state index contributed by atoms with van der Waals surface area (Å²) in [5, 5.41) is 14.9. The van der Waals surface area contributed by atoms with Crippen molar-refractivity contribution in [3.8, 4) is 22.7 Å². The Labute approximate surface area is 149 Å². The first kappa shape index (κ1) is 16.7. The largest absolute Gasteiger partial charge is 0.415 e. The van der Waals surface area contributed by atoms with E-state index in [0.29, 0.717) is 23.5 Å². The van der Waals surface area contributed by atoms with Crippen LogP contribution in [0.5, 0.6) is 0 Å². The molecule has 0 radical (unpaired) electrons. The van der Waals surface area contributed by atoms with Crippen LogP contribution in [0, 0.1) is 0 Å². The van der Waals surface area contributed by atoms with E-state index in [1.54, 1.807) is 35.3 Å². The lowest BCUT2D eigenvalue weighted by molar-refractivity contribution is 0.116. The molecule has 0 saturated heterocycles. The third kappa shape index (κ3) is 3.61. The summed E-state index contributed by atoms with van der Waals surface area (Å²) in [5.74, 6) is -0.753. The van der Waals surface area contributed by atoms with E-state index < -0.39 is 12.3 Å². The number of halogens is 2. The van der Waals surface area contributed by atoms with Gasteiger partial charge in [0, 0.05) is 24.0 Å². The summed E-state index contributed by atoms with van der Waals surface area (Å²) in [6, 6.07) is 6.40. The van der Waals surface area contributed by atoms with Gasteiger partial charge in [0.15, 0.2) is 0 Å². The standard InChI is InChI=1S/C16H11F2N7O2/c17-14(18)16-23-22-15(27-16)10-1-3-11(19-6-10)7-25-8-12(21-24-25)9-2-4-13(26)20-5-9/h1-6,8,14H,7H2,(H,20,26). The summed E-state index contributed by atoms with van der Waals surface area (Å²) in [6.45, 7) is 0.350. The first-order valence-electron chi connectivity index (χ1n) is 7.74. The van der Waals surface area contributed by atoms with Crippen LogP contribution in [0.3, 0.4) is 0 Å². The zero-order valence-electron chi connectivity index (χ0n) is 13.6. The van der Waals surface area contributed by atoms with Crippen LogP contribution in [-0.2, 0) is 6.54 Å². The number of aromatic nitrogens is 7. The maximum Gasteiger partial charge on any atom is 0.314 e. The van der Waals surface area contributed by atoms with E-state index in [0.717, 1.165) is 5.56 Å². The predicted molar refractivity (Wildman–Crippen MR) is 87.7 cm³/mol. The lowest BCUT2D eigenvalue weighted by Gasteiger charge is -2.01. The van der Waals surface area contributed by atoms with Crippen molar-refractivity contribution in [1.82, 2.24) is 35.2 Å². The molecule has 0 bridgehead atoms. The minimum absolute atomic E-state index is 0.0227. The molecular formula is C16H11F2N7O2. The highest BCUT2D eigenvalue weighted by Crippen LogP contribution is 2.22. The first-order chi connectivity index (χ1) is 13.1. The molecule has 0 aliphatic heterocycles. The van der Waals surface area contributed by atoms with Crippen molar-refractivity contribution >= 4 is 0 Å². The van der Waals surface area contributed by atoms with E-state index in [2.05, 4.69) is 30.5 Å². The third-order valence-corrected chi connectivity index (χ3v) is 3.64. The van der Waals surface area contributed by atoms with Gasteiger partial charge in [0.2, 0.25) is 11.4 Å². The Morgan fingerprint density at radius 1 is 1.11 bits per heavy atom. The van der Waals surface area contributed by atoms with Crippen LogP contribution in [0.1, 0.15) is 18.0 Å². The van der Waals surface area contributed by atoms with Gasteiger partial charge in [-0.3, -0.25) is 9.78 Å². The fraction of sp³-hybridized carbons (Fsp3) is 0.125. The van der Waals surface area contributed by atoms with Crippen LogP contribution >= 0.6 is 0 Å². The molecule has 0 atom stereocenters. The maximum atomic E-state index is 12.5. The number of hydrogen-bond acceptors (Lipinski definition) is 7. The SMILES string of the molecule is O=c1ccc(-c2cn(Cc3ccc(-c4nnc(C(F)F)o4)cn3)nn2)c[nH]1. The molecule has 0 fully saturated rings. The zero-order chi connectivity index (χ0) is 18.8. The molecule has 0 saturated carbocycles. The van der Waals surface area contributed by atoms with E-state index >= 15 is 0 Å². The van der Waals surface area contributed by atoms with Crippen LogP contribution in [0.15, 0.2) is 52.1 Å². The topological polar surface area (TPSA) is 115 Å². The molecule has 11 heteroatoms. The Kier molecular flexibility index (Phi) is 4.24. The molecular weight excluding hydrogens is 360 g/mol. The highest BCUT2D eigenvalue weighted by Gasteiger charge is 2.17. The Balaban J connectivity index is 1.48. The van der Waals surface area contributed by atoms with Crippen molar-refractivity contribution in [3.63, 3.8) is 0 Å². The minimum atomic E-state index is -2.82. The number of aromatic amines is 1. The summed E-state index contributed by atoms with van der Waals surface area (Å²) < 4.78 is 31.5. The van der Waals surface area contributed by atoms with Crippen molar-refractivity contribution in [2.75, 3.05) is 0 Å². The Morgan fingerprint density at radius 2 is 1.96 bits per heavy atom. The second kappa shape index (κ2) is 6.86. The van der Waals surface area contributed by atoms with E-state index in [1.807, 2.05) is 0 Å². The fourth-order valence-corrected chi connectivity index (χ4v) is 2.33. The molecule has 136 valence electrons. The molecule has 4 heterocycles. The highest BCUT2D eigenvalue weighted by atomic mass is 19.3. The van der Waals surface area contributed by atoms with E-state index in [-0.39, 0.29) is 11.4 Å². The molecule has 0 aliphatic rings. The van der Waals surface area contributed by atoms with Gasteiger partial charge in [-0.05, 0) is 18.2 Å². The molecule has 27 heavy (non-hydrogen) atoms. The molecule has 0 aromatic carbocycles. The number of hydrogen-bond donors (Lipinski definition) is 1. The smallest absolute Gasteiger partial charge is 0.314 e. The van der Waals surface area contributed by atoms with Gasteiger partial charge < -0.3 is 9.40 Å². The number of nitrogens with zero attached hydrogens (tertiary/aromatic N) is 6. The van der Waals surface area contributed by atoms with Crippen LogP contribution in [-0.4, -0.2) is 35.2 Å². The Hall–Kier alpha value is -3.76. The average molecular weight is 371 g/mol. The lowest BCUT2D eigenvalue weighted by atomic mass is 10.2. The number of nitrogens with one attached hydrogen (secondary N) is 1. The fourth-order valence-electron chi connectivity index (χ4n) is 2.33. The predicted octanol–water partition coefficient (Wildman–Crippen LogP) is 2.06. The monoisotopic (exact) mass is 371 g/mol. The molecule has 0 unspecified atom stereocenters. The van der Waals surface area contributed by atoms with E-state index in [9.17, 15) is 13.6 Å². The van der Waals surface area contributed by atoms with Crippen molar-refractivity contribution in [2.24, 2.45) is 0 Å². The summed E-state index contributed by atoms with van der Waals surface area (Å²) in [6.07, 6.45) is 1.91. The summed E-state index contributed by atoms with van der Waals surface area (Å²) in [5.41, 5.74) is 2.25. The minimum Gasteiger partial charge on any atom is -0.415 e. The summed E-state index contributed by atoms with van der Waals surface area (Å²) >= 11 is 0. The van der Waals surface area contributed by atoms with Crippen molar-refractivity contribution in [2.45, 2.75) is 13.0 Å². The van der Waals surface area contributed by atoms with Gasteiger partial charge in [0.25, 0.3) is 5.89 Å². The second-order valence-electron chi connectivity index (χ2n) is 5.53. The zero-order valence-corrected chi connectivity index (χ0v) is 13.6. The normalized spacial score (nSPS) is 11.2. The molecule has 0 aliphatic carbocycles. The average Bonchev–Trinajstić information content (AvgIpc) is 3.33. The van der Waals surface area contributed by atoms with Crippen LogP contribution in [0.2, 0.25) is 0 Å². The Bertz CT molecular complexity index is 1100. The van der Waals surface area contributed by atoms with Gasteiger partial charge >= 0.3 is 6.43 Å². The van der Waals surface area contributed by atoms with Gasteiger partial charge in [0.05, 0.1) is 24.0 Å². The second-order valence-corrected chi connectivity index (χ2v) is 5.53. The van der Waals surface area contributed by atoms with Gasteiger partial charge in [-0.1, -0.05) is 5.21 Å². The van der Waals surface area contributed by atoms with Gasteiger partial charge in [-0.2, -0.15) is 8.78 Å².